The summed E-state index contributed by atoms with van der Waals surface area (Å²) in [4.78, 5) is 0. The topological polar surface area (TPSA) is 32.6 Å². The van der Waals surface area contributed by atoms with Gasteiger partial charge in [-0.05, 0) is 49.5 Å². The summed E-state index contributed by atoms with van der Waals surface area (Å²) < 4.78 is 0. The van der Waals surface area contributed by atoms with E-state index in [1.807, 2.05) is 12.1 Å². The molecule has 1 N–H and O–H groups in total. The molecule has 1 aromatic rings. The minimum Gasteiger partial charge on any atom is -0.411 e. The van der Waals surface area contributed by atoms with E-state index in [0.29, 0.717) is 10.0 Å². The number of hydrogen-bond donors (Lipinski definition) is 1. The summed E-state index contributed by atoms with van der Waals surface area (Å²) in [5.41, 5.74) is 2.56. The van der Waals surface area contributed by atoms with Gasteiger partial charge < -0.3 is 5.21 Å². The molecule has 0 aromatic heterocycles. The fraction of sp³-hybridized carbons (Fsp3) is 0.308. The molecule has 0 bridgehead atoms. The molecule has 2 rings (SSSR count). The van der Waals surface area contributed by atoms with Gasteiger partial charge in [0.15, 0.2) is 0 Å². The van der Waals surface area contributed by atoms with E-state index in [0.717, 1.165) is 42.5 Å². The van der Waals surface area contributed by atoms with E-state index in [4.69, 9.17) is 28.4 Å². The second kappa shape index (κ2) is 5.56. The Kier molecular flexibility index (Phi) is 4.08. The molecule has 0 atom stereocenters. The van der Waals surface area contributed by atoms with Gasteiger partial charge in [0.2, 0.25) is 0 Å². The summed E-state index contributed by atoms with van der Waals surface area (Å²) in [5, 5.41) is 13.5. The van der Waals surface area contributed by atoms with Crippen molar-refractivity contribution in [1.29, 1.82) is 0 Å². The van der Waals surface area contributed by atoms with E-state index < -0.39 is 0 Å². The molecule has 0 radical (unpaired) electrons. The average molecular weight is 270 g/mol. The molecule has 90 valence electrons. The molecule has 2 nitrogen and oxygen atoms in total. The van der Waals surface area contributed by atoms with Crippen molar-refractivity contribution >= 4 is 35.0 Å². The molecule has 0 spiro atoms. The summed E-state index contributed by atoms with van der Waals surface area (Å²) in [7, 11) is 0. The van der Waals surface area contributed by atoms with E-state index >= 15 is 0 Å². The van der Waals surface area contributed by atoms with Crippen LogP contribution in [0.15, 0.2) is 28.9 Å². The van der Waals surface area contributed by atoms with Crippen LogP contribution in [-0.4, -0.2) is 10.9 Å². The van der Waals surface area contributed by atoms with Crippen LogP contribution in [0.4, 0.5) is 0 Å². The van der Waals surface area contributed by atoms with Crippen LogP contribution in [0.2, 0.25) is 10.0 Å². The zero-order valence-electron chi connectivity index (χ0n) is 9.29. The lowest BCUT2D eigenvalue weighted by Crippen LogP contribution is -2.09. The maximum Gasteiger partial charge on any atom is 0.0827 e. The summed E-state index contributed by atoms with van der Waals surface area (Å²) >= 11 is 12.2. The summed E-state index contributed by atoms with van der Waals surface area (Å²) in [6, 6.07) is 5.42. The number of nitrogens with zero attached hydrogens (tertiary/aromatic N) is 1. The maximum atomic E-state index is 8.96. The minimum atomic E-state index is 0.618. The first-order valence-electron chi connectivity index (χ1n) is 5.58. The molecule has 1 saturated carbocycles. The van der Waals surface area contributed by atoms with Crippen LogP contribution in [0.25, 0.3) is 6.08 Å². The monoisotopic (exact) mass is 269 g/mol. The van der Waals surface area contributed by atoms with Crippen LogP contribution in [0.5, 0.6) is 0 Å². The van der Waals surface area contributed by atoms with Crippen molar-refractivity contribution in [2.75, 3.05) is 0 Å². The lowest BCUT2D eigenvalue weighted by Gasteiger charge is -2.15. The summed E-state index contributed by atoms with van der Waals surface area (Å²) in [6.45, 7) is 0. The van der Waals surface area contributed by atoms with Gasteiger partial charge in [-0.15, -0.1) is 0 Å². The Morgan fingerprint density at radius 3 is 2.41 bits per heavy atom. The van der Waals surface area contributed by atoms with E-state index in [-0.39, 0.29) is 0 Å². The molecular weight excluding hydrogens is 257 g/mol. The van der Waals surface area contributed by atoms with Crippen molar-refractivity contribution in [1.82, 2.24) is 0 Å². The van der Waals surface area contributed by atoms with Gasteiger partial charge in [-0.1, -0.05) is 34.4 Å². The van der Waals surface area contributed by atoms with Crippen LogP contribution in [-0.2, 0) is 0 Å². The van der Waals surface area contributed by atoms with Crippen LogP contribution >= 0.6 is 23.2 Å². The zero-order chi connectivity index (χ0) is 12.3. The second-order valence-electron chi connectivity index (χ2n) is 4.06. The van der Waals surface area contributed by atoms with Gasteiger partial charge in [0.25, 0.3) is 0 Å². The van der Waals surface area contributed by atoms with Crippen LogP contribution in [0.3, 0.4) is 0 Å². The van der Waals surface area contributed by atoms with E-state index in [2.05, 4.69) is 5.16 Å². The fourth-order valence-corrected chi connectivity index (χ4v) is 2.51. The predicted octanol–water partition coefficient (Wildman–Crippen LogP) is 4.78. The van der Waals surface area contributed by atoms with Crippen molar-refractivity contribution < 1.29 is 5.21 Å². The average Bonchev–Trinajstić information content (AvgIpc) is 2.34. The highest BCUT2D eigenvalue weighted by atomic mass is 35.5. The molecule has 4 heteroatoms. The van der Waals surface area contributed by atoms with E-state index in [1.54, 1.807) is 12.1 Å². The smallest absolute Gasteiger partial charge is 0.0827 e. The standard InChI is InChI=1S/C13H13Cl2NO/c14-11-5-3-6-12(15)10(11)8-9-4-1-2-7-13(9)16-17/h3,5-6,8,17H,1-2,4,7H2/b9-8+,16-13+. The third-order valence-corrected chi connectivity index (χ3v) is 3.58. The maximum absolute atomic E-state index is 8.96. The molecule has 0 unspecified atom stereocenters. The van der Waals surface area contributed by atoms with E-state index in [1.165, 1.54) is 0 Å². The quantitative estimate of drug-likeness (QED) is 0.578. The molecule has 0 aliphatic heterocycles. The number of oxime groups is 1. The molecule has 1 aromatic carbocycles. The van der Waals surface area contributed by atoms with Crippen molar-refractivity contribution in [3.05, 3.63) is 39.4 Å². The first-order chi connectivity index (χ1) is 8.22. The number of hydrogen-bond acceptors (Lipinski definition) is 2. The van der Waals surface area contributed by atoms with Crippen LogP contribution in [0.1, 0.15) is 31.2 Å². The van der Waals surface area contributed by atoms with Crippen molar-refractivity contribution in [2.45, 2.75) is 25.7 Å². The first kappa shape index (κ1) is 12.5. The molecule has 0 saturated heterocycles. The van der Waals surface area contributed by atoms with Gasteiger partial charge >= 0.3 is 0 Å². The lowest BCUT2D eigenvalue weighted by atomic mass is 9.91. The third kappa shape index (κ3) is 2.82. The molecule has 1 aliphatic rings. The minimum absolute atomic E-state index is 0.618. The van der Waals surface area contributed by atoms with Gasteiger partial charge in [0.05, 0.1) is 5.71 Å². The Labute approximate surface area is 111 Å². The molecule has 1 aliphatic carbocycles. The van der Waals surface area contributed by atoms with E-state index in [9.17, 15) is 0 Å². The highest BCUT2D eigenvalue weighted by Gasteiger charge is 2.15. The molecular formula is C13H13Cl2NO. The van der Waals surface area contributed by atoms with Gasteiger partial charge in [-0.3, -0.25) is 0 Å². The number of rotatable bonds is 1. The molecule has 0 heterocycles. The Morgan fingerprint density at radius 2 is 1.76 bits per heavy atom. The summed E-state index contributed by atoms with van der Waals surface area (Å²) in [5.74, 6) is 0. The van der Waals surface area contributed by atoms with Gasteiger partial charge in [-0.25, -0.2) is 0 Å². The first-order valence-corrected chi connectivity index (χ1v) is 6.34. The normalized spacial score (nSPS) is 21.1. The summed E-state index contributed by atoms with van der Waals surface area (Å²) in [6.07, 6.45) is 5.81. The molecule has 0 amide bonds. The van der Waals surface area contributed by atoms with Gasteiger partial charge in [-0.2, -0.15) is 0 Å². The number of halogens is 2. The Balaban J connectivity index is 2.41. The number of benzene rings is 1. The zero-order valence-corrected chi connectivity index (χ0v) is 10.8. The molecule has 17 heavy (non-hydrogen) atoms. The molecule has 1 fully saturated rings. The van der Waals surface area contributed by atoms with Crippen molar-refractivity contribution in [3.8, 4) is 0 Å². The van der Waals surface area contributed by atoms with Crippen LogP contribution < -0.4 is 0 Å². The fourth-order valence-electron chi connectivity index (χ4n) is 2.01. The predicted molar refractivity (Wildman–Crippen MR) is 72.1 cm³/mol. The highest BCUT2D eigenvalue weighted by Crippen LogP contribution is 2.30. The third-order valence-electron chi connectivity index (χ3n) is 2.92. The second-order valence-corrected chi connectivity index (χ2v) is 4.87. The lowest BCUT2D eigenvalue weighted by molar-refractivity contribution is 0.316. The Morgan fingerprint density at radius 1 is 1.12 bits per heavy atom. The van der Waals surface area contributed by atoms with Crippen molar-refractivity contribution in [3.63, 3.8) is 0 Å². The highest BCUT2D eigenvalue weighted by molar-refractivity contribution is 6.37. The number of allylic oxidation sites excluding steroid dienone is 1. The Bertz CT molecular complexity index is 460. The SMILES string of the molecule is O/N=C1\CCCC\C1=C/c1c(Cl)cccc1Cl. The van der Waals surface area contributed by atoms with Crippen LogP contribution in [0, 0.1) is 0 Å². The van der Waals surface area contributed by atoms with Gasteiger partial charge in [0, 0.05) is 15.6 Å². The van der Waals surface area contributed by atoms with Crippen molar-refractivity contribution in [2.24, 2.45) is 5.16 Å². The van der Waals surface area contributed by atoms with Gasteiger partial charge in [0.1, 0.15) is 0 Å². The Hall–Kier alpha value is -0.990. The largest absolute Gasteiger partial charge is 0.411 e.